The number of rotatable bonds is 6. The third-order valence-corrected chi connectivity index (χ3v) is 1.49. The largest absolute Gasteiger partial charge is 0.460 e. The van der Waals surface area contributed by atoms with Crippen LogP contribution in [-0.2, 0) is 19.0 Å². The Labute approximate surface area is 91.9 Å². The van der Waals surface area contributed by atoms with Gasteiger partial charge in [-0.25, -0.2) is 0 Å². The molecule has 89 valence electrons. The monoisotopic (exact) mass is 217 g/mol. The van der Waals surface area contributed by atoms with Gasteiger partial charge in [0.1, 0.15) is 5.60 Å². The minimum atomic E-state index is -0.485. The number of carbonyl (C=O) groups excluding carboxylic acids is 1. The Balaban J connectivity index is 3.70. The van der Waals surface area contributed by atoms with Crippen LogP contribution in [0.2, 0.25) is 0 Å². The van der Waals surface area contributed by atoms with Crippen LogP contribution >= 0.6 is 0 Å². The van der Waals surface area contributed by atoms with E-state index in [1.54, 1.807) is 7.11 Å². The number of methoxy groups -OCH3 is 1. The van der Waals surface area contributed by atoms with Gasteiger partial charge in [0, 0.05) is 7.11 Å². The van der Waals surface area contributed by atoms with Gasteiger partial charge in [0.15, 0.2) is 0 Å². The van der Waals surface area contributed by atoms with Crippen LogP contribution in [0.4, 0.5) is 0 Å². The summed E-state index contributed by atoms with van der Waals surface area (Å²) in [4.78, 5) is 11.4. The summed E-state index contributed by atoms with van der Waals surface area (Å²) < 4.78 is 15.1. The van der Waals surface area contributed by atoms with Crippen molar-refractivity contribution in [3.63, 3.8) is 0 Å². The SMILES string of the molecule is [CH2][C@H](COCCOC)C(=O)OC(C)(C)C. The van der Waals surface area contributed by atoms with Crippen LogP contribution in [-0.4, -0.2) is 38.5 Å². The van der Waals surface area contributed by atoms with Crippen molar-refractivity contribution in [2.75, 3.05) is 26.9 Å². The van der Waals surface area contributed by atoms with E-state index in [1.165, 1.54) is 0 Å². The summed E-state index contributed by atoms with van der Waals surface area (Å²) in [6, 6.07) is 0. The summed E-state index contributed by atoms with van der Waals surface area (Å²) in [6.45, 7) is 10.4. The van der Waals surface area contributed by atoms with Gasteiger partial charge >= 0.3 is 5.97 Å². The van der Waals surface area contributed by atoms with E-state index in [0.29, 0.717) is 13.2 Å². The number of esters is 1. The van der Waals surface area contributed by atoms with Crippen molar-refractivity contribution in [3.05, 3.63) is 6.92 Å². The Morgan fingerprint density at radius 2 is 1.93 bits per heavy atom. The number of hydrogen-bond acceptors (Lipinski definition) is 4. The predicted molar refractivity (Wildman–Crippen MR) is 57.4 cm³/mol. The highest BCUT2D eigenvalue weighted by Crippen LogP contribution is 2.11. The number of hydrogen-bond donors (Lipinski definition) is 0. The maximum Gasteiger partial charge on any atom is 0.311 e. The lowest BCUT2D eigenvalue weighted by Gasteiger charge is -2.22. The molecule has 15 heavy (non-hydrogen) atoms. The van der Waals surface area contributed by atoms with Crippen LogP contribution in [0.3, 0.4) is 0 Å². The third kappa shape index (κ3) is 8.39. The normalized spacial score (nSPS) is 13.7. The fraction of sp³-hybridized carbons (Fsp3) is 0.818. The molecular weight excluding hydrogens is 196 g/mol. The molecule has 0 aromatic carbocycles. The second-order valence-corrected chi connectivity index (χ2v) is 4.30. The van der Waals surface area contributed by atoms with Crippen molar-refractivity contribution in [3.8, 4) is 0 Å². The molecule has 0 aromatic rings. The van der Waals surface area contributed by atoms with Crippen LogP contribution < -0.4 is 0 Å². The molecule has 0 fully saturated rings. The molecule has 0 aromatic heterocycles. The first-order chi connectivity index (χ1) is 6.87. The third-order valence-electron chi connectivity index (χ3n) is 1.49. The molecule has 0 spiro atoms. The highest BCUT2D eigenvalue weighted by molar-refractivity contribution is 5.73. The van der Waals surface area contributed by atoms with E-state index in [2.05, 4.69) is 6.92 Å². The Morgan fingerprint density at radius 1 is 1.33 bits per heavy atom. The molecule has 0 aliphatic heterocycles. The summed E-state index contributed by atoms with van der Waals surface area (Å²) in [5.41, 5.74) is -0.473. The molecule has 4 nitrogen and oxygen atoms in total. The van der Waals surface area contributed by atoms with Crippen molar-refractivity contribution < 1.29 is 19.0 Å². The highest BCUT2D eigenvalue weighted by atomic mass is 16.6. The van der Waals surface area contributed by atoms with Gasteiger partial charge in [-0.05, 0) is 27.7 Å². The summed E-state index contributed by atoms with van der Waals surface area (Å²) in [5, 5.41) is 0. The first-order valence-electron chi connectivity index (χ1n) is 4.99. The van der Waals surface area contributed by atoms with Gasteiger partial charge < -0.3 is 14.2 Å². The quantitative estimate of drug-likeness (QED) is 0.499. The van der Waals surface area contributed by atoms with E-state index in [9.17, 15) is 4.79 Å². The Bertz CT molecular complexity index is 184. The predicted octanol–water partition coefficient (Wildman–Crippen LogP) is 1.44. The molecule has 0 aliphatic rings. The zero-order valence-electron chi connectivity index (χ0n) is 10.0. The molecule has 1 atom stereocenters. The molecule has 0 amide bonds. The molecule has 4 heteroatoms. The zero-order valence-corrected chi connectivity index (χ0v) is 10.0. The second-order valence-electron chi connectivity index (χ2n) is 4.30. The lowest BCUT2D eigenvalue weighted by atomic mass is 10.1. The van der Waals surface area contributed by atoms with Crippen LogP contribution in [0.25, 0.3) is 0 Å². The van der Waals surface area contributed by atoms with E-state index in [0.717, 1.165) is 0 Å². The maximum atomic E-state index is 11.4. The van der Waals surface area contributed by atoms with Crippen LogP contribution in [0.1, 0.15) is 20.8 Å². The summed E-state index contributed by atoms with van der Waals surface area (Å²) in [5.74, 6) is -0.819. The summed E-state index contributed by atoms with van der Waals surface area (Å²) in [7, 11) is 1.60. The summed E-state index contributed by atoms with van der Waals surface area (Å²) >= 11 is 0. The molecule has 0 saturated carbocycles. The molecular formula is C11H21O4. The molecule has 0 heterocycles. The topological polar surface area (TPSA) is 44.8 Å². The molecule has 1 radical (unpaired) electrons. The highest BCUT2D eigenvalue weighted by Gasteiger charge is 2.21. The van der Waals surface area contributed by atoms with E-state index in [1.807, 2.05) is 20.8 Å². The molecule has 0 N–H and O–H groups in total. The second kappa shape index (κ2) is 6.80. The fourth-order valence-corrected chi connectivity index (χ4v) is 0.821. The Hall–Kier alpha value is -0.610. The van der Waals surface area contributed by atoms with Gasteiger partial charge in [-0.2, -0.15) is 0 Å². The molecule has 0 unspecified atom stereocenters. The molecule has 0 rings (SSSR count). The smallest absolute Gasteiger partial charge is 0.311 e. The average molecular weight is 217 g/mol. The van der Waals surface area contributed by atoms with Crippen molar-refractivity contribution in [1.29, 1.82) is 0 Å². The van der Waals surface area contributed by atoms with Crippen molar-refractivity contribution in [2.45, 2.75) is 26.4 Å². The molecule has 0 aliphatic carbocycles. The first-order valence-corrected chi connectivity index (χ1v) is 4.99. The van der Waals surface area contributed by atoms with Gasteiger partial charge in [-0.1, -0.05) is 0 Å². The van der Waals surface area contributed by atoms with Crippen molar-refractivity contribution >= 4 is 5.97 Å². The van der Waals surface area contributed by atoms with Crippen molar-refractivity contribution in [2.24, 2.45) is 5.92 Å². The van der Waals surface area contributed by atoms with Gasteiger partial charge in [0.05, 0.1) is 25.7 Å². The van der Waals surface area contributed by atoms with Gasteiger partial charge in [0.25, 0.3) is 0 Å². The molecule has 0 saturated heterocycles. The number of carbonyl (C=O) groups is 1. The Morgan fingerprint density at radius 3 is 2.40 bits per heavy atom. The van der Waals surface area contributed by atoms with Crippen LogP contribution in [0.15, 0.2) is 0 Å². The average Bonchev–Trinajstić information content (AvgIpc) is 2.09. The van der Waals surface area contributed by atoms with Crippen LogP contribution in [0.5, 0.6) is 0 Å². The van der Waals surface area contributed by atoms with E-state index in [-0.39, 0.29) is 12.6 Å². The van der Waals surface area contributed by atoms with E-state index >= 15 is 0 Å². The lowest BCUT2D eigenvalue weighted by molar-refractivity contribution is -0.160. The summed E-state index contributed by atoms with van der Waals surface area (Å²) in [6.07, 6.45) is 0. The first kappa shape index (κ1) is 14.4. The van der Waals surface area contributed by atoms with Gasteiger partial charge in [0.2, 0.25) is 0 Å². The standard InChI is InChI=1S/C11H21O4/c1-9(8-14-7-6-13-5)10(12)15-11(2,3)4/h9H,1,6-8H2,2-5H3/t9-/m1/s1. The Kier molecular flexibility index (Phi) is 6.52. The zero-order chi connectivity index (χ0) is 11.9. The van der Waals surface area contributed by atoms with E-state index < -0.39 is 11.5 Å². The maximum absolute atomic E-state index is 11.4. The minimum Gasteiger partial charge on any atom is -0.460 e. The molecule has 0 bridgehead atoms. The van der Waals surface area contributed by atoms with Crippen LogP contribution in [0, 0.1) is 12.8 Å². The minimum absolute atomic E-state index is 0.262. The van der Waals surface area contributed by atoms with E-state index in [4.69, 9.17) is 14.2 Å². The lowest BCUT2D eigenvalue weighted by Crippen LogP contribution is -2.29. The fourth-order valence-electron chi connectivity index (χ4n) is 0.821. The number of ether oxygens (including phenoxy) is 3. The van der Waals surface area contributed by atoms with Gasteiger partial charge in [-0.3, -0.25) is 4.79 Å². The van der Waals surface area contributed by atoms with Gasteiger partial charge in [-0.15, -0.1) is 0 Å². The van der Waals surface area contributed by atoms with Crippen molar-refractivity contribution in [1.82, 2.24) is 0 Å².